The minimum absolute atomic E-state index is 0.0403. The van der Waals surface area contributed by atoms with E-state index < -0.39 is 0 Å². The van der Waals surface area contributed by atoms with E-state index in [1.165, 1.54) is 11.7 Å². The highest BCUT2D eigenvalue weighted by Gasteiger charge is 2.28. The van der Waals surface area contributed by atoms with E-state index in [1.54, 1.807) is 18.3 Å². The minimum Gasteiger partial charge on any atom is -0.491 e. The Morgan fingerprint density at radius 2 is 2.29 bits per heavy atom. The summed E-state index contributed by atoms with van der Waals surface area (Å²) in [6.45, 7) is 3.92. The molecule has 1 aromatic heterocycles. The van der Waals surface area contributed by atoms with Crippen LogP contribution in [0.4, 0.5) is 0 Å². The molecule has 0 N–H and O–H groups in total. The Hall–Kier alpha value is -1.82. The molecular formula is C15H22N2O4. The zero-order valence-electron chi connectivity index (χ0n) is 12.6. The summed E-state index contributed by atoms with van der Waals surface area (Å²) >= 11 is 0. The number of carbonyl (C=O) groups excluding carboxylic acids is 1. The summed E-state index contributed by atoms with van der Waals surface area (Å²) in [6.07, 6.45) is 3.55. The summed E-state index contributed by atoms with van der Waals surface area (Å²) in [5.74, 6) is 0.199. The Morgan fingerprint density at radius 3 is 3.00 bits per heavy atom. The van der Waals surface area contributed by atoms with Gasteiger partial charge >= 0.3 is 0 Å². The summed E-state index contributed by atoms with van der Waals surface area (Å²) in [6, 6.07) is 3.42. The third-order valence-electron chi connectivity index (χ3n) is 3.72. The van der Waals surface area contributed by atoms with Crippen LogP contribution in [0.25, 0.3) is 0 Å². The normalized spacial score (nSPS) is 18.0. The molecule has 2 rings (SSSR count). The standard InChI is InChI=1S/C15H22N2O4/c1-3-21-11-12-6-4-9-17(12)14(18)10-16-8-5-7-13(20-2)15(16)19/h5,7-8,12H,3-4,6,9-11H2,1-2H3/t12-/m1/s1. The fourth-order valence-electron chi connectivity index (χ4n) is 2.62. The number of hydrogen-bond acceptors (Lipinski definition) is 4. The van der Waals surface area contributed by atoms with Gasteiger partial charge in [-0.15, -0.1) is 0 Å². The molecule has 0 saturated carbocycles. The van der Waals surface area contributed by atoms with Crippen molar-refractivity contribution in [3.63, 3.8) is 0 Å². The number of rotatable bonds is 6. The smallest absolute Gasteiger partial charge is 0.293 e. The SMILES string of the molecule is CCOC[C@H]1CCCN1C(=O)Cn1cccc(OC)c1=O. The lowest BCUT2D eigenvalue weighted by Crippen LogP contribution is -2.41. The van der Waals surface area contributed by atoms with Gasteiger partial charge in [0.15, 0.2) is 5.75 Å². The molecule has 1 fully saturated rings. The lowest BCUT2D eigenvalue weighted by Gasteiger charge is -2.24. The molecule has 1 aromatic rings. The van der Waals surface area contributed by atoms with Crippen LogP contribution in [-0.4, -0.2) is 48.3 Å². The molecule has 0 spiro atoms. The first kappa shape index (κ1) is 15.6. The molecule has 21 heavy (non-hydrogen) atoms. The maximum Gasteiger partial charge on any atom is 0.293 e. The van der Waals surface area contributed by atoms with Gasteiger partial charge in [-0.2, -0.15) is 0 Å². The predicted molar refractivity (Wildman–Crippen MR) is 78.5 cm³/mol. The van der Waals surface area contributed by atoms with Crippen molar-refractivity contribution in [3.8, 4) is 5.75 Å². The van der Waals surface area contributed by atoms with E-state index in [0.29, 0.717) is 13.2 Å². The Morgan fingerprint density at radius 1 is 1.48 bits per heavy atom. The quantitative estimate of drug-likeness (QED) is 0.781. The highest BCUT2D eigenvalue weighted by atomic mass is 16.5. The number of pyridine rings is 1. The topological polar surface area (TPSA) is 60.8 Å². The number of ether oxygens (including phenoxy) is 2. The molecule has 2 heterocycles. The summed E-state index contributed by atoms with van der Waals surface area (Å²) in [4.78, 5) is 26.3. The predicted octanol–water partition coefficient (Wildman–Crippen LogP) is 0.884. The number of likely N-dealkylation sites (tertiary alicyclic amines) is 1. The Kier molecular flexibility index (Phi) is 5.38. The van der Waals surface area contributed by atoms with Gasteiger partial charge < -0.3 is 18.9 Å². The van der Waals surface area contributed by atoms with Crippen LogP contribution in [0, 0.1) is 0 Å². The van der Waals surface area contributed by atoms with Gasteiger partial charge in [0.25, 0.3) is 5.56 Å². The summed E-state index contributed by atoms with van der Waals surface area (Å²) in [5, 5.41) is 0. The van der Waals surface area contributed by atoms with Crippen LogP contribution in [-0.2, 0) is 16.1 Å². The van der Waals surface area contributed by atoms with Gasteiger partial charge in [-0.25, -0.2) is 0 Å². The molecule has 6 heteroatoms. The van der Waals surface area contributed by atoms with E-state index in [4.69, 9.17) is 9.47 Å². The maximum atomic E-state index is 12.4. The summed E-state index contributed by atoms with van der Waals surface area (Å²) in [5.41, 5.74) is -0.283. The van der Waals surface area contributed by atoms with Gasteiger partial charge in [-0.3, -0.25) is 9.59 Å². The van der Waals surface area contributed by atoms with Crippen LogP contribution in [0.3, 0.4) is 0 Å². The molecule has 6 nitrogen and oxygen atoms in total. The number of aromatic nitrogens is 1. The molecule has 1 amide bonds. The second kappa shape index (κ2) is 7.26. The van der Waals surface area contributed by atoms with E-state index in [0.717, 1.165) is 19.4 Å². The Labute approximate surface area is 124 Å². The van der Waals surface area contributed by atoms with Gasteiger partial charge in [-0.05, 0) is 31.9 Å². The van der Waals surface area contributed by atoms with Crippen molar-refractivity contribution in [2.45, 2.75) is 32.4 Å². The zero-order valence-corrected chi connectivity index (χ0v) is 12.6. The Bertz CT molecular complexity index is 541. The molecule has 1 aliphatic heterocycles. The molecule has 0 unspecified atom stereocenters. The first-order valence-electron chi connectivity index (χ1n) is 7.28. The van der Waals surface area contributed by atoms with Gasteiger partial charge in [0, 0.05) is 19.3 Å². The molecule has 1 saturated heterocycles. The van der Waals surface area contributed by atoms with Crippen molar-refractivity contribution in [1.82, 2.24) is 9.47 Å². The number of amides is 1. The molecule has 1 aliphatic rings. The molecular weight excluding hydrogens is 272 g/mol. The average Bonchev–Trinajstić information content (AvgIpc) is 2.95. The van der Waals surface area contributed by atoms with Crippen LogP contribution in [0.15, 0.2) is 23.1 Å². The number of nitrogens with zero attached hydrogens (tertiary/aromatic N) is 2. The third kappa shape index (κ3) is 3.64. The fraction of sp³-hybridized carbons (Fsp3) is 0.600. The van der Waals surface area contributed by atoms with Crippen molar-refractivity contribution in [1.29, 1.82) is 0 Å². The van der Waals surface area contributed by atoms with Crippen LogP contribution in [0.1, 0.15) is 19.8 Å². The van der Waals surface area contributed by atoms with E-state index >= 15 is 0 Å². The molecule has 0 bridgehead atoms. The van der Waals surface area contributed by atoms with E-state index in [1.807, 2.05) is 11.8 Å². The first-order chi connectivity index (χ1) is 10.2. The van der Waals surface area contributed by atoms with Gasteiger partial charge in [-0.1, -0.05) is 0 Å². The van der Waals surface area contributed by atoms with Gasteiger partial charge in [0.05, 0.1) is 19.8 Å². The highest BCUT2D eigenvalue weighted by Crippen LogP contribution is 2.18. The second-order valence-corrected chi connectivity index (χ2v) is 5.05. The first-order valence-corrected chi connectivity index (χ1v) is 7.28. The van der Waals surface area contributed by atoms with Crippen molar-refractivity contribution in [3.05, 3.63) is 28.7 Å². The lowest BCUT2D eigenvalue weighted by molar-refractivity contribution is -0.133. The number of methoxy groups -OCH3 is 1. The van der Waals surface area contributed by atoms with Crippen LogP contribution < -0.4 is 10.3 Å². The van der Waals surface area contributed by atoms with Gasteiger partial charge in [0.1, 0.15) is 6.54 Å². The molecule has 0 radical (unpaired) electrons. The summed E-state index contributed by atoms with van der Waals surface area (Å²) in [7, 11) is 1.45. The zero-order chi connectivity index (χ0) is 15.2. The number of carbonyl (C=O) groups is 1. The molecule has 0 aliphatic carbocycles. The lowest BCUT2D eigenvalue weighted by atomic mass is 10.2. The minimum atomic E-state index is -0.283. The van der Waals surface area contributed by atoms with E-state index in [2.05, 4.69) is 0 Å². The van der Waals surface area contributed by atoms with Crippen LogP contribution in [0.5, 0.6) is 5.75 Å². The fourth-order valence-corrected chi connectivity index (χ4v) is 2.62. The maximum absolute atomic E-state index is 12.4. The summed E-state index contributed by atoms with van der Waals surface area (Å²) < 4.78 is 11.8. The van der Waals surface area contributed by atoms with E-state index in [9.17, 15) is 9.59 Å². The number of hydrogen-bond donors (Lipinski definition) is 0. The Balaban J connectivity index is 2.05. The average molecular weight is 294 g/mol. The van der Waals surface area contributed by atoms with Crippen molar-refractivity contribution in [2.24, 2.45) is 0 Å². The molecule has 1 atom stereocenters. The van der Waals surface area contributed by atoms with Crippen LogP contribution >= 0.6 is 0 Å². The van der Waals surface area contributed by atoms with Crippen molar-refractivity contribution in [2.75, 3.05) is 26.9 Å². The highest BCUT2D eigenvalue weighted by molar-refractivity contribution is 5.76. The van der Waals surface area contributed by atoms with Crippen LogP contribution in [0.2, 0.25) is 0 Å². The molecule has 0 aromatic carbocycles. The second-order valence-electron chi connectivity index (χ2n) is 5.05. The van der Waals surface area contributed by atoms with Crippen molar-refractivity contribution < 1.29 is 14.3 Å². The van der Waals surface area contributed by atoms with E-state index in [-0.39, 0.29) is 29.8 Å². The molecule has 116 valence electrons. The van der Waals surface area contributed by atoms with Gasteiger partial charge in [0.2, 0.25) is 5.91 Å². The van der Waals surface area contributed by atoms with Crippen molar-refractivity contribution >= 4 is 5.91 Å². The monoisotopic (exact) mass is 294 g/mol. The third-order valence-corrected chi connectivity index (χ3v) is 3.72. The largest absolute Gasteiger partial charge is 0.491 e.